The highest BCUT2D eigenvalue weighted by Gasteiger charge is 2.19. The molecule has 2 atom stereocenters. The van der Waals surface area contributed by atoms with Crippen LogP contribution in [-0.2, 0) is 5.75 Å². The lowest BCUT2D eigenvalue weighted by Gasteiger charge is -2.25. The first-order valence-corrected chi connectivity index (χ1v) is 9.22. The van der Waals surface area contributed by atoms with Crippen molar-refractivity contribution < 1.29 is 0 Å². The summed E-state index contributed by atoms with van der Waals surface area (Å²) in [6, 6.07) is 2.09. The zero-order chi connectivity index (χ0) is 13.9. The number of rotatable bonds is 4. The van der Waals surface area contributed by atoms with Gasteiger partial charge in [0.15, 0.2) is 0 Å². The van der Waals surface area contributed by atoms with Crippen LogP contribution >= 0.6 is 23.1 Å². The maximum Gasteiger partial charge on any atom is 0.142 e. The van der Waals surface area contributed by atoms with Crippen LogP contribution in [0.4, 0.5) is 5.82 Å². The summed E-state index contributed by atoms with van der Waals surface area (Å²) < 4.78 is 0. The Labute approximate surface area is 128 Å². The number of nitrogens with one attached hydrogen (secondary N) is 1. The normalized spacial score (nSPS) is 23.1. The van der Waals surface area contributed by atoms with Crippen LogP contribution in [0.2, 0.25) is 0 Å². The van der Waals surface area contributed by atoms with Gasteiger partial charge in [0.05, 0.1) is 11.1 Å². The molecule has 0 radical (unpaired) electrons. The van der Waals surface area contributed by atoms with Crippen LogP contribution in [0.25, 0.3) is 10.2 Å². The number of thioether (sulfide) groups is 1. The summed E-state index contributed by atoms with van der Waals surface area (Å²) in [6.45, 7) is 2.38. The lowest BCUT2D eigenvalue weighted by Crippen LogP contribution is -2.15. The highest BCUT2D eigenvalue weighted by Crippen LogP contribution is 2.34. The molecule has 1 aliphatic rings. The standard InChI is InChI=1S/C15H21N3S2/c1-10-4-3-5-11(8-10)20-9-13-17-14(16-2)12-6-7-19-15(12)18-13/h6-7,10-11H,3-5,8-9H2,1-2H3,(H,16,17,18). The molecule has 0 aromatic carbocycles. The molecule has 3 rings (SSSR count). The molecule has 2 heterocycles. The van der Waals surface area contributed by atoms with E-state index < -0.39 is 0 Å². The summed E-state index contributed by atoms with van der Waals surface area (Å²) in [5.74, 6) is 3.74. The summed E-state index contributed by atoms with van der Waals surface area (Å²) in [7, 11) is 1.93. The van der Waals surface area contributed by atoms with Crippen molar-refractivity contribution in [3.05, 3.63) is 17.3 Å². The van der Waals surface area contributed by atoms with E-state index in [4.69, 9.17) is 4.98 Å². The second-order valence-electron chi connectivity index (χ2n) is 5.58. The van der Waals surface area contributed by atoms with Gasteiger partial charge in [-0.05, 0) is 30.2 Å². The predicted octanol–water partition coefficient (Wildman–Crippen LogP) is 4.54. The zero-order valence-corrected chi connectivity index (χ0v) is 13.7. The van der Waals surface area contributed by atoms with Crippen LogP contribution < -0.4 is 5.32 Å². The Balaban J connectivity index is 1.70. The molecule has 0 saturated heterocycles. The third kappa shape index (κ3) is 3.09. The van der Waals surface area contributed by atoms with Crippen molar-refractivity contribution >= 4 is 39.1 Å². The molecule has 0 amide bonds. The minimum atomic E-state index is 0.791. The first-order valence-electron chi connectivity index (χ1n) is 7.29. The molecule has 108 valence electrons. The van der Waals surface area contributed by atoms with Crippen molar-refractivity contribution in [2.24, 2.45) is 5.92 Å². The summed E-state index contributed by atoms with van der Waals surface area (Å²) in [5.41, 5.74) is 0. The Hall–Kier alpha value is -0.810. The molecule has 0 spiro atoms. The SMILES string of the molecule is CNc1nc(CSC2CCCC(C)C2)nc2sccc12. The minimum Gasteiger partial charge on any atom is -0.372 e. The Morgan fingerprint density at radius 3 is 3.10 bits per heavy atom. The van der Waals surface area contributed by atoms with Crippen LogP contribution in [0.3, 0.4) is 0 Å². The second-order valence-corrected chi connectivity index (χ2v) is 7.77. The zero-order valence-electron chi connectivity index (χ0n) is 12.1. The van der Waals surface area contributed by atoms with Gasteiger partial charge in [-0.1, -0.05) is 19.8 Å². The van der Waals surface area contributed by atoms with Crippen molar-refractivity contribution in [1.29, 1.82) is 0 Å². The van der Waals surface area contributed by atoms with Gasteiger partial charge in [-0.15, -0.1) is 11.3 Å². The largest absolute Gasteiger partial charge is 0.372 e. The van der Waals surface area contributed by atoms with Gasteiger partial charge in [0.2, 0.25) is 0 Å². The molecule has 2 aromatic heterocycles. The van der Waals surface area contributed by atoms with E-state index in [1.807, 2.05) is 18.8 Å². The maximum absolute atomic E-state index is 4.69. The molecule has 1 N–H and O–H groups in total. The van der Waals surface area contributed by atoms with Crippen molar-refractivity contribution in [2.75, 3.05) is 12.4 Å². The molecule has 3 nitrogen and oxygen atoms in total. The number of aromatic nitrogens is 2. The molecular formula is C15H21N3S2. The van der Waals surface area contributed by atoms with E-state index in [-0.39, 0.29) is 0 Å². The molecule has 2 aromatic rings. The highest BCUT2D eigenvalue weighted by atomic mass is 32.2. The number of hydrogen-bond acceptors (Lipinski definition) is 5. The maximum atomic E-state index is 4.69. The van der Waals surface area contributed by atoms with Gasteiger partial charge in [0, 0.05) is 12.3 Å². The topological polar surface area (TPSA) is 37.8 Å². The summed E-state index contributed by atoms with van der Waals surface area (Å²) in [4.78, 5) is 10.4. The molecule has 1 fully saturated rings. The fourth-order valence-electron chi connectivity index (χ4n) is 2.88. The monoisotopic (exact) mass is 307 g/mol. The number of nitrogens with zero attached hydrogens (tertiary/aromatic N) is 2. The summed E-state index contributed by atoms with van der Waals surface area (Å²) >= 11 is 3.73. The number of fused-ring (bicyclic) bond motifs is 1. The van der Waals surface area contributed by atoms with E-state index in [0.29, 0.717) is 0 Å². The van der Waals surface area contributed by atoms with Crippen LogP contribution in [0.5, 0.6) is 0 Å². The van der Waals surface area contributed by atoms with Crippen molar-refractivity contribution in [1.82, 2.24) is 9.97 Å². The smallest absolute Gasteiger partial charge is 0.142 e. The lowest BCUT2D eigenvalue weighted by molar-refractivity contribution is 0.394. The van der Waals surface area contributed by atoms with Gasteiger partial charge >= 0.3 is 0 Å². The van der Waals surface area contributed by atoms with Crippen LogP contribution in [0, 0.1) is 5.92 Å². The Bertz CT molecular complexity index is 582. The van der Waals surface area contributed by atoms with E-state index in [2.05, 4.69) is 28.7 Å². The Morgan fingerprint density at radius 2 is 2.30 bits per heavy atom. The van der Waals surface area contributed by atoms with Gasteiger partial charge in [0.25, 0.3) is 0 Å². The highest BCUT2D eigenvalue weighted by molar-refractivity contribution is 7.99. The molecule has 0 aliphatic heterocycles. The molecule has 20 heavy (non-hydrogen) atoms. The van der Waals surface area contributed by atoms with Gasteiger partial charge in [0.1, 0.15) is 16.5 Å². The number of thiophene rings is 1. The lowest BCUT2D eigenvalue weighted by atomic mass is 9.91. The van der Waals surface area contributed by atoms with E-state index in [9.17, 15) is 0 Å². The first kappa shape index (κ1) is 14.1. The van der Waals surface area contributed by atoms with Gasteiger partial charge in [-0.2, -0.15) is 11.8 Å². The van der Waals surface area contributed by atoms with E-state index >= 15 is 0 Å². The Morgan fingerprint density at radius 1 is 1.40 bits per heavy atom. The molecular weight excluding hydrogens is 286 g/mol. The van der Waals surface area contributed by atoms with Crippen LogP contribution in [0.15, 0.2) is 11.4 Å². The summed E-state index contributed by atoms with van der Waals surface area (Å²) in [6.07, 6.45) is 5.49. The molecule has 5 heteroatoms. The third-order valence-corrected chi connectivity index (χ3v) is 6.08. The van der Waals surface area contributed by atoms with Gasteiger partial charge in [-0.25, -0.2) is 9.97 Å². The quantitative estimate of drug-likeness (QED) is 0.899. The predicted molar refractivity (Wildman–Crippen MR) is 89.7 cm³/mol. The van der Waals surface area contributed by atoms with Crippen molar-refractivity contribution in [3.63, 3.8) is 0 Å². The number of hydrogen-bond donors (Lipinski definition) is 1. The van der Waals surface area contributed by atoms with Gasteiger partial charge < -0.3 is 5.32 Å². The van der Waals surface area contributed by atoms with E-state index in [0.717, 1.165) is 38.8 Å². The van der Waals surface area contributed by atoms with E-state index in [1.54, 1.807) is 11.3 Å². The summed E-state index contributed by atoms with van der Waals surface area (Å²) in [5, 5.41) is 7.20. The van der Waals surface area contributed by atoms with Crippen LogP contribution in [0.1, 0.15) is 38.4 Å². The average Bonchev–Trinajstić information content (AvgIpc) is 2.92. The molecule has 2 unspecified atom stereocenters. The second kappa shape index (κ2) is 6.31. The third-order valence-electron chi connectivity index (χ3n) is 3.94. The fourth-order valence-corrected chi connectivity index (χ4v) is 4.97. The molecule has 0 bridgehead atoms. The Kier molecular flexibility index (Phi) is 4.46. The molecule has 1 aliphatic carbocycles. The van der Waals surface area contributed by atoms with Crippen LogP contribution in [-0.4, -0.2) is 22.3 Å². The van der Waals surface area contributed by atoms with E-state index in [1.165, 1.54) is 25.7 Å². The average molecular weight is 307 g/mol. The van der Waals surface area contributed by atoms with Gasteiger partial charge in [-0.3, -0.25) is 0 Å². The first-order chi connectivity index (χ1) is 9.76. The molecule has 1 saturated carbocycles. The number of anilines is 1. The van der Waals surface area contributed by atoms with Crippen molar-refractivity contribution in [3.8, 4) is 0 Å². The fraction of sp³-hybridized carbons (Fsp3) is 0.600. The van der Waals surface area contributed by atoms with Crippen molar-refractivity contribution in [2.45, 2.75) is 43.6 Å². The minimum absolute atomic E-state index is 0.791.